The van der Waals surface area contributed by atoms with Gasteiger partial charge in [-0.3, -0.25) is 10.1 Å². The normalized spacial score (nSPS) is 10.6. The number of rotatable bonds is 2. The predicted molar refractivity (Wildman–Crippen MR) is 73.8 cm³/mol. The molecule has 1 amide bonds. The Morgan fingerprint density at radius 2 is 2.16 bits per heavy atom. The number of H-pyrrole nitrogens is 1. The molecular formula is C12H8BrN5O. The molecule has 2 aromatic carbocycles. The number of fused-ring (bicyclic) bond motifs is 1. The van der Waals surface area contributed by atoms with Crippen molar-refractivity contribution in [1.82, 2.24) is 20.6 Å². The summed E-state index contributed by atoms with van der Waals surface area (Å²) >= 11 is 3.47. The van der Waals surface area contributed by atoms with Crippen LogP contribution in [-0.4, -0.2) is 26.5 Å². The van der Waals surface area contributed by atoms with E-state index in [0.717, 1.165) is 15.2 Å². The highest BCUT2D eigenvalue weighted by atomic mass is 79.9. The van der Waals surface area contributed by atoms with Crippen LogP contribution in [0.2, 0.25) is 0 Å². The molecule has 7 heteroatoms. The van der Waals surface area contributed by atoms with E-state index in [2.05, 4.69) is 41.9 Å². The summed E-state index contributed by atoms with van der Waals surface area (Å²) in [6.07, 6.45) is 0. The molecule has 3 rings (SSSR count). The second-order valence-electron chi connectivity index (χ2n) is 3.87. The number of halogens is 1. The van der Waals surface area contributed by atoms with E-state index in [0.29, 0.717) is 5.56 Å². The Morgan fingerprint density at radius 3 is 2.95 bits per heavy atom. The summed E-state index contributed by atoms with van der Waals surface area (Å²) in [5.41, 5.74) is 0.537. The molecule has 0 bridgehead atoms. The third-order valence-electron chi connectivity index (χ3n) is 2.66. The lowest BCUT2D eigenvalue weighted by atomic mass is 10.1. The quantitative estimate of drug-likeness (QED) is 0.760. The Kier molecular flexibility index (Phi) is 2.96. The predicted octanol–water partition coefficient (Wildman–Crippen LogP) is 2.37. The van der Waals surface area contributed by atoms with Gasteiger partial charge in [-0.15, -0.1) is 5.10 Å². The smallest absolute Gasteiger partial charge is 0.270 e. The molecule has 6 nitrogen and oxygen atoms in total. The minimum Gasteiger partial charge on any atom is -0.288 e. The molecule has 2 N–H and O–H groups in total. The number of amides is 1. The van der Waals surface area contributed by atoms with Gasteiger partial charge in [-0.25, -0.2) is 0 Å². The molecule has 0 saturated heterocycles. The fraction of sp³-hybridized carbons (Fsp3) is 0. The van der Waals surface area contributed by atoms with Crippen molar-refractivity contribution in [2.45, 2.75) is 0 Å². The zero-order valence-electron chi connectivity index (χ0n) is 9.59. The highest BCUT2D eigenvalue weighted by Gasteiger charge is 2.09. The summed E-state index contributed by atoms with van der Waals surface area (Å²) < 4.78 is 0.995. The minimum atomic E-state index is -0.275. The van der Waals surface area contributed by atoms with Crippen molar-refractivity contribution in [3.8, 4) is 0 Å². The summed E-state index contributed by atoms with van der Waals surface area (Å²) in [7, 11) is 0. The highest BCUT2D eigenvalue weighted by Crippen LogP contribution is 2.24. The van der Waals surface area contributed by atoms with Crippen molar-refractivity contribution in [3.63, 3.8) is 0 Å². The number of aromatic nitrogens is 4. The van der Waals surface area contributed by atoms with Crippen molar-refractivity contribution in [1.29, 1.82) is 0 Å². The number of carbonyl (C=O) groups excluding carboxylic acids is 1. The Bertz CT molecular complexity index is 741. The van der Waals surface area contributed by atoms with Gasteiger partial charge >= 0.3 is 0 Å². The zero-order chi connectivity index (χ0) is 13.2. The maximum absolute atomic E-state index is 12.0. The molecular weight excluding hydrogens is 310 g/mol. The number of carbonyl (C=O) groups is 1. The number of anilines is 1. The van der Waals surface area contributed by atoms with Gasteiger partial charge in [0.05, 0.1) is 0 Å². The standard InChI is InChI=1S/C12H8BrN5O/c13-10-3-1-2-7-6-8(4-5-9(7)10)11(19)14-12-15-17-18-16-12/h1-6H,(H2,14,15,16,17,18,19). The van der Waals surface area contributed by atoms with Crippen LogP contribution >= 0.6 is 15.9 Å². The molecule has 0 spiro atoms. The van der Waals surface area contributed by atoms with Crippen molar-refractivity contribution in [2.75, 3.05) is 5.32 Å². The van der Waals surface area contributed by atoms with E-state index in [9.17, 15) is 4.79 Å². The van der Waals surface area contributed by atoms with Crippen LogP contribution in [0.15, 0.2) is 40.9 Å². The molecule has 0 atom stereocenters. The van der Waals surface area contributed by atoms with Gasteiger partial charge in [0.25, 0.3) is 11.9 Å². The molecule has 94 valence electrons. The summed E-state index contributed by atoms with van der Waals surface area (Å²) in [6.45, 7) is 0. The van der Waals surface area contributed by atoms with Gasteiger partial charge in [-0.1, -0.05) is 39.2 Å². The largest absolute Gasteiger partial charge is 0.288 e. The molecule has 0 fully saturated rings. The molecule has 0 aliphatic rings. The first-order valence-corrected chi connectivity index (χ1v) is 6.26. The van der Waals surface area contributed by atoms with Crippen molar-refractivity contribution < 1.29 is 4.79 Å². The lowest BCUT2D eigenvalue weighted by molar-refractivity contribution is 0.102. The fourth-order valence-electron chi connectivity index (χ4n) is 1.77. The number of tetrazole rings is 1. The van der Waals surface area contributed by atoms with E-state index < -0.39 is 0 Å². The number of nitrogens with one attached hydrogen (secondary N) is 2. The number of hydrogen-bond acceptors (Lipinski definition) is 4. The molecule has 0 aliphatic heterocycles. The van der Waals surface area contributed by atoms with E-state index in [4.69, 9.17) is 0 Å². The van der Waals surface area contributed by atoms with Crippen molar-refractivity contribution in [3.05, 3.63) is 46.4 Å². The molecule has 1 heterocycles. The van der Waals surface area contributed by atoms with E-state index in [1.165, 1.54) is 0 Å². The summed E-state index contributed by atoms with van der Waals surface area (Å²) in [5, 5.41) is 17.6. The van der Waals surface area contributed by atoms with Crippen LogP contribution in [0.4, 0.5) is 5.95 Å². The lowest BCUT2D eigenvalue weighted by Crippen LogP contribution is -2.12. The van der Waals surface area contributed by atoms with Gasteiger partial charge in [0.2, 0.25) is 0 Å². The van der Waals surface area contributed by atoms with Crippen molar-refractivity contribution in [2.24, 2.45) is 0 Å². The Balaban J connectivity index is 1.95. The van der Waals surface area contributed by atoms with Gasteiger partial charge in [0.15, 0.2) is 0 Å². The topological polar surface area (TPSA) is 83.6 Å². The Labute approximate surface area is 116 Å². The Morgan fingerprint density at radius 1 is 1.26 bits per heavy atom. The second-order valence-corrected chi connectivity index (χ2v) is 4.72. The Hall–Kier alpha value is -2.28. The first kappa shape index (κ1) is 11.8. The molecule has 19 heavy (non-hydrogen) atoms. The van der Waals surface area contributed by atoms with Gasteiger partial charge in [0, 0.05) is 10.0 Å². The SMILES string of the molecule is O=C(Nc1nn[nH]n1)c1ccc2c(Br)cccc2c1. The van der Waals surface area contributed by atoms with Gasteiger partial charge in [0.1, 0.15) is 0 Å². The van der Waals surface area contributed by atoms with Gasteiger partial charge < -0.3 is 0 Å². The average molecular weight is 318 g/mol. The van der Waals surface area contributed by atoms with Crippen LogP contribution in [0.1, 0.15) is 10.4 Å². The monoisotopic (exact) mass is 317 g/mol. The second kappa shape index (κ2) is 4.77. The third-order valence-corrected chi connectivity index (χ3v) is 3.35. The average Bonchev–Trinajstić information content (AvgIpc) is 2.91. The first-order valence-electron chi connectivity index (χ1n) is 5.47. The van der Waals surface area contributed by atoms with E-state index in [-0.39, 0.29) is 11.9 Å². The molecule has 1 aromatic heterocycles. The fourth-order valence-corrected chi connectivity index (χ4v) is 2.29. The number of hydrogen-bond donors (Lipinski definition) is 2. The maximum atomic E-state index is 12.0. The van der Waals surface area contributed by atoms with Crippen LogP contribution in [-0.2, 0) is 0 Å². The molecule has 0 unspecified atom stereocenters. The van der Waals surface area contributed by atoms with E-state index >= 15 is 0 Å². The van der Waals surface area contributed by atoms with Crippen LogP contribution in [0.5, 0.6) is 0 Å². The van der Waals surface area contributed by atoms with Crippen molar-refractivity contribution >= 4 is 38.6 Å². The summed E-state index contributed by atoms with van der Waals surface area (Å²) in [4.78, 5) is 12.0. The minimum absolute atomic E-state index is 0.152. The van der Waals surface area contributed by atoms with E-state index in [1.54, 1.807) is 6.07 Å². The number of benzene rings is 2. The van der Waals surface area contributed by atoms with Crippen LogP contribution < -0.4 is 5.32 Å². The molecule has 3 aromatic rings. The highest BCUT2D eigenvalue weighted by molar-refractivity contribution is 9.10. The summed E-state index contributed by atoms with van der Waals surface area (Å²) in [5.74, 6) is -0.123. The molecule has 0 radical (unpaired) electrons. The zero-order valence-corrected chi connectivity index (χ0v) is 11.2. The number of aromatic amines is 1. The van der Waals surface area contributed by atoms with Crippen LogP contribution in [0.3, 0.4) is 0 Å². The van der Waals surface area contributed by atoms with Gasteiger partial charge in [-0.05, 0) is 34.2 Å². The molecule has 0 saturated carbocycles. The maximum Gasteiger partial charge on any atom is 0.270 e. The van der Waals surface area contributed by atoms with Crippen LogP contribution in [0.25, 0.3) is 10.8 Å². The lowest BCUT2D eigenvalue weighted by Gasteiger charge is -2.04. The number of nitrogens with zero attached hydrogens (tertiary/aromatic N) is 3. The van der Waals surface area contributed by atoms with Gasteiger partial charge in [-0.2, -0.15) is 5.21 Å². The third kappa shape index (κ3) is 2.32. The van der Waals surface area contributed by atoms with E-state index in [1.807, 2.05) is 30.3 Å². The van der Waals surface area contributed by atoms with Crippen LogP contribution in [0, 0.1) is 0 Å². The summed E-state index contributed by atoms with van der Waals surface area (Å²) in [6, 6.07) is 11.3. The first-order chi connectivity index (χ1) is 9.24. The molecule has 0 aliphatic carbocycles.